The number of carbonyl (C=O) groups excluding carboxylic acids is 1. The molecule has 1 heterocycles. The number of benzene rings is 2. The van der Waals surface area contributed by atoms with Crippen LogP contribution in [0, 0.1) is 0 Å². The van der Waals surface area contributed by atoms with Crippen LogP contribution in [0.3, 0.4) is 0 Å². The van der Waals surface area contributed by atoms with Crippen molar-refractivity contribution in [2.24, 2.45) is 0 Å². The second kappa shape index (κ2) is 7.77. The van der Waals surface area contributed by atoms with Crippen molar-refractivity contribution in [3.8, 4) is 16.9 Å². The van der Waals surface area contributed by atoms with E-state index in [1.54, 1.807) is 24.4 Å². The van der Waals surface area contributed by atoms with Gasteiger partial charge in [-0.2, -0.15) is 10.2 Å². The van der Waals surface area contributed by atoms with E-state index in [0.717, 1.165) is 5.56 Å². The smallest absolute Gasteiger partial charge is 0.339 e. The molecule has 0 aliphatic carbocycles. The van der Waals surface area contributed by atoms with E-state index in [0.29, 0.717) is 23.5 Å². The van der Waals surface area contributed by atoms with E-state index in [4.69, 9.17) is 21.1 Å². The van der Waals surface area contributed by atoms with Gasteiger partial charge in [-0.25, -0.2) is 4.79 Å². The molecule has 1 aromatic heterocycles. The molecule has 2 aromatic carbocycles. The summed E-state index contributed by atoms with van der Waals surface area (Å²) in [7, 11) is 1.31. The number of methoxy groups -OCH3 is 1. The third kappa shape index (κ3) is 3.78. The molecule has 0 spiro atoms. The number of nitrogens with zero attached hydrogens (tertiary/aromatic N) is 2. The van der Waals surface area contributed by atoms with Crippen molar-refractivity contribution >= 4 is 17.6 Å². The Bertz CT molecular complexity index is 885. The van der Waals surface area contributed by atoms with Gasteiger partial charge in [0.2, 0.25) is 0 Å². The maximum Gasteiger partial charge on any atom is 0.339 e. The highest BCUT2D eigenvalue weighted by Gasteiger charge is 2.17. The average Bonchev–Trinajstić information content (AvgIpc) is 2.67. The van der Waals surface area contributed by atoms with Gasteiger partial charge in [-0.05, 0) is 11.6 Å². The molecule has 6 heteroatoms. The van der Waals surface area contributed by atoms with Gasteiger partial charge in [0.05, 0.1) is 30.1 Å². The predicted octanol–water partition coefficient (Wildman–Crippen LogP) is 4.16. The lowest BCUT2D eigenvalue weighted by atomic mass is 10.0. The predicted molar refractivity (Wildman–Crippen MR) is 94.6 cm³/mol. The SMILES string of the molecule is COC(=O)c1cccc(-c2cnncc2OCc2ccccc2)c1Cl. The lowest BCUT2D eigenvalue weighted by molar-refractivity contribution is 0.0601. The average molecular weight is 355 g/mol. The van der Waals surface area contributed by atoms with Crippen molar-refractivity contribution in [2.45, 2.75) is 6.61 Å². The minimum absolute atomic E-state index is 0.284. The number of aromatic nitrogens is 2. The molecule has 0 N–H and O–H groups in total. The summed E-state index contributed by atoms with van der Waals surface area (Å²) in [5.74, 6) is 0.0309. The van der Waals surface area contributed by atoms with E-state index in [-0.39, 0.29) is 10.6 Å². The molecular formula is C19H15ClN2O3. The van der Waals surface area contributed by atoms with Crippen molar-refractivity contribution in [3.63, 3.8) is 0 Å². The summed E-state index contributed by atoms with van der Waals surface area (Å²) in [6.07, 6.45) is 3.09. The fourth-order valence-corrected chi connectivity index (χ4v) is 2.68. The van der Waals surface area contributed by atoms with E-state index < -0.39 is 5.97 Å². The minimum Gasteiger partial charge on any atom is -0.487 e. The molecule has 0 atom stereocenters. The first-order valence-electron chi connectivity index (χ1n) is 7.55. The first-order valence-corrected chi connectivity index (χ1v) is 7.93. The van der Waals surface area contributed by atoms with Crippen molar-refractivity contribution < 1.29 is 14.3 Å². The van der Waals surface area contributed by atoms with Crippen LogP contribution < -0.4 is 4.74 Å². The highest BCUT2D eigenvalue weighted by atomic mass is 35.5. The van der Waals surface area contributed by atoms with Gasteiger partial charge in [-0.3, -0.25) is 0 Å². The highest BCUT2D eigenvalue weighted by molar-refractivity contribution is 6.36. The molecule has 0 amide bonds. The lowest BCUT2D eigenvalue weighted by Gasteiger charge is -2.13. The molecule has 5 nitrogen and oxygen atoms in total. The molecule has 0 unspecified atom stereocenters. The van der Waals surface area contributed by atoms with Gasteiger partial charge in [-0.1, -0.05) is 54.1 Å². The molecule has 126 valence electrons. The molecule has 0 radical (unpaired) electrons. The van der Waals surface area contributed by atoms with Crippen LogP contribution >= 0.6 is 11.6 Å². The molecule has 0 saturated carbocycles. The zero-order chi connectivity index (χ0) is 17.6. The summed E-state index contributed by atoms with van der Waals surface area (Å²) in [5, 5.41) is 8.07. The Morgan fingerprint density at radius 3 is 2.52 bits per heavy atom. The molecular weight excluding hydrogens is 340 g/mol. The first kappa shape index (κ1) is 16.9. The maximum absolute atomic E-state index is 11.8. The van der Waals surface area contributed by atoms with Gasteiger partial charge < -0.3 is 9.47 Å². The number of carbonyl (C=O) groups is 1. The molecule has 3 rings (SSSR count). The van der Waals surface area contributed by atoms with Gasteiger partial charge in [0, 0.05) is 11.1 Å². The Labute approximate surface area is 150 Å². The monoisotopic (exact) mass is 354 g/mol. The minimum atomic E-state index is -0.499. The Morgan fingerprint density at radius 2 is 1.76 bits per heavy atom. The maximum atomic E-state index is 11.8. The fraction of sp³-hybridized carbons (Fsp3) is 0.105. The number of rotatable bonds is 5. The largest absolute Gasteiger partial charge is 0.487 e. The van der Waals surface area contributed by atoms with Crippen LogP contribution in [0.1, 0.15) is 15.9 Å². The first-order chi connectivity index (χ1) is 12.2. The van der Waals surface area contributed by atoms with Crippen LogP contribution in [-0.4, -0.2) is 23.3 Å². The van der Waals surface area contributed by atoms with Gasteiger partial charge in [0.25, 0.3) is 0 Å². The van der Waals surface area contributed by atoms with Crippen molar-refractivity contribution in [1.29, 1.82) is 0 Å². The van der Waals surface area contributed by atoms with Crippen LogP contribution in [0.25, 0.3) is 11.1 Å². The van der Waals surface area contributed by atoms with Crippen LogP contribution in [0.2, 0.25) is 5.02 Å². The Hall–Kier alpha value is -2.92. The standard InChI is InChI=1S/C19H15ClN2O3/c1-24-19(23)15-9-5-8-14(18(15)20)16-10-21-22-11-17(16)25-12-13-6-3-2-4-7-13/h2-11H,12H2,1H3. The molecule has 0 saturated heterocycles. The number of ether oxygens (including phenoxy) is 2. The normalized spacial score (nSPS) is 10.3. The van der Waals surface area contributed by atoms with Gasteiger partial charge in [-0.15, -0.1) is 0 Å². The third-order valence-corrected chi connectivity index (χ3v) is 4.03. The molecule has 25 heavy (non-hydrogen) atoms. The molecule has 0 aliphatic rings. The summed E-state index contributed by atoms with van der Waals surface area (Å²) in [6, 6.07) is 14.9. The van der Waals surface area contributed by atoms with Crippen molar-refractivity contribution in [1.82, 2.24) is 10.2 Å². The van der Waals surface area contributed by atoms with Gasteiger partial charge >= 0.3 is 5.97 Å². The zero-order valence-electron chi connectivity index (χ0n) is 13.5. The zero-order valence-corrected chi connectivity index (χ0v) is 14.2. The molecule has 0 bridgehead atoms. The third-order valence-electron chi connectivity index (χ3n) is 3.63. The van der Waals surface area contributed by atoms with Crippen molar-refractivity contribution in [2.75, 3.05) is 7.11 Å². The number of halogens is 1. The number of esters is 1. The topological polar surface area (TPSA) is 61.3 Å². The van der Waals surface area contributed by atoms with Crippen molar-refractivity contribution in [3.05, 3.63) is 77.1 Å². The lowest BCUT2D eigenvalue weighted by Crippen LogP contribution is -2.03. The van der Waals surface area contributed by atoms with Crippen LogP contribution in [0.5, 0.6) is 5.75 Å². The van der Waals surface area contributed by atoms with Crippen LogP contribution in [0.15, 0.2) is 60.9 Å². The van der Waals surface area contributed by atoms with E-state index >= 15 is 0 Å². The van der Waals surface area contributed by atoms with E-state index in [1.807, 2.05) is 30.3 Å². The van der Waals surface area contributed by atoms with Gasteiger partial charge in [0.15, 0.2) is 0 Å². The summed E-state index contributed by atoms with van der Waals surface area (Å²) in [5.41, 5.74) is 2.59. The number of hydrogen-bond donors (Lipinski definition) is 0. The second-order valence-corrected chi connectivity index (χ2v) is 5.58. The quantitative estimate of drug-likeness (QED) is 0.644. The van der Waals surface area contributed by atoms with E-state index in [1.165, 1.54) is 13.3 Å². The fourth-order valence-electron chi connectivity index (χ4n) is 2.37. The Balaban J connectivity index is 1.95. The summed E-state index contributed by atoms with van der Waals surface area (Å²) >= 11 is 6.40. The molecule has 0 aliphatic heterocycles. The molecule has 0 fully saturated rings. The van der Waals surface area contributed by atoms with E-state index in [9.17, 15) is 4.79 Å². The van der Waals surface area contributed by atoms with Crippen LogP contribution in [0.4, 0.5) is 0 Å². The summed E-state index contributed by atoms with van der Waals surface area (Å²) in [6.45, 7) is 0.383. The van der Waals surface area contributed by atoms with Crippen LogP contribution in [-0.2, 0) is 11.3 Å². The highest BCUT2D eigenvalue weighted by Crippen LogP contribution is 2.36. The van der Waals surface area contributed by atoms with Gasteiger partial charge in [0.1, 0.15) is 12.4 Å². The molecule has 3 aromatic rings. The van der Waals surface area contributed by atoms with E-state index in [2.05, 4.69) is 10.2 Å². The summed E-state index contributed by atoms with van der Waals surface area (Å²) < 4.78 is 10.6. The Morgan fingerprint density at radius 1 is 1.00 bits per heavy atom. The Kier molecular flexibility index (Phi) is 5.26. The summed E-state index contributed by atoms with van der Waals surface area (Å²) in [4.78, 5) is 11.8. The number of hydrogen-bond acceptors (Lipinski definition) is 5. The second-order valence-electron chi connectivity index (χ2n) is 5.20.